The topological polar surface area (TPSA) is 161 Å². The lowest BCUT2D eigenvalue weighted by Gasteiger charge is -2.45. The van der Waals surface area contributed by atoms with Crippen LogP contribution in [0.4, 0.5) is 0 Å². The molecule has 0 aliphatic carbocycles. The third-order valence-electron chi connectivity index (χ3n) is 4.39. The monoisotopic (exact) mass is 435 g/mol. The van der Waals surface area contributed by atoms with Crippen LogP contribution in [-0.2, 0) is 23.9 Å². The van der Waals surface area contributed by atoms with Crippen molar-refractivity contribution in [2.24, 2.45) is 5.11 Å². The van der Waals surface area contributed by atoms with Gasteiger partial charge in [0.05, 0.1) is 25.8 Å². The number of amides is 2. The third kappa shape index (κ3) is 6.76. The Bertz CT molecular complexity index is 841. The van der Waals surface area contributed by atoms with E-state index >= 15 is 0 Å². The van der Waals surface area contributed by atoms with E-state index in [2.05, 4.69) is 20.7 Å². The molecule has 1 fully saturated rings. The minimum Gasteiger partial charge on any atom is -0.497 e. The largest absolute Gasteiger partial charge is 0.497 e. The summed E-state index contributed by atoms with van der Waals surface area (Å²) < 4.78 is 22.4. The normalized spacial score (nSPS) is 24.8. The summed E-state index contributed by atoms with van der Waals surface area (Å²) >= 11 is 0. The van der Waals surface area contributed by atoms with Crippen molar-refractivity contribution in [2.45, 2.75) is 51.4 Å². The van der Waals surface area contributed by atoms with Crippen molar-refractivity contribution in [2.75, 3.05) is 13.7 Å². The molecule has 0 spiro atoms. The van der Waals surface area contributed by atoms with Crippen molar-refractivity contribution in [1.82, 2.24) is 10.6 Å². The summed E-state index contributed by atoms with van der Waals surface area (Å²) in [5.74, 6) is -0.483. The number of azide groups is 1. The van der Waals surface area contributed by atoms with E-state index in [9.17, 15) is 14.4 Å². The number of carbonyl (C=O) groups is 3. The van der Waals surface area contributed by atoms with Gasteiger partial charge in [0.15, 0.2) is 6.10 Å². The summed E-state index contributed by atoms with van der Waals surface area (Å²) in [7, 11) is 1.53. The minimum atomic E-state index is -1.12. The van der Waals surface area contributed by atoms with E-state index in [1.807, 2.05) is 0 Å². The van der Waals surface area contributed by atoms with Crippen molar-refractivity contribution < 1.29 is 33.3 Å². The van der Waals surface area contributed by atoms with Gasteiger partial charge in [-0.25, -0.2) is 0 Å². The van der Waals surface area contributed by atoms with Crippen LogP contribution in [-0.4, -0.2) is 62.0 Å². The zero-order valence-corrected chi connectivity index (χ0v) is 17.6. The number of carbonyl (C=O) groups excluding carboxylic acids is 3. The smallest absolute Gasteiger partial charge is 0.303 e. The van der Waals surface area contributed by atoms with Crippen LogP contribution in [0.25, 0.3) is 10.4 Å². The first-order chi connectivity index (χ1) is 14.7. The standard InChI is InChI=1S/C19H25N5O7/c1-10(25)22-16-15(9-21-24-20)31-19(30-14-7-5-13(28-4)6-8-14)17(23-11(2)26)18(16)29-12(3)27/h5-8,15-19H,9H2,1-4H3,(H,22,25)(H,23,26)/t15?,16-,17-,18?,19-/m1/s1. The highest BCUT2D eigenvalue weighted by molar-refractivity contribution is 5.75. The van der Waals surface area contributed by atoms with Crippen LogP contribution in [0.1, 0.15) is 20.8 Å². The molecular formula is C19H25N5O7. The predicted molar refractivity (Wildman–Crippen MR) is 107 cm³/mol. The quantitative estimate of drug-likeness (QED) is 0.267. The molecule has 0 bridgehead atoms. The number of nitrogens with one attached hydrogen (secondary N) is 2. The van der Waals surface area contributed by atoms with Crippen LogP contribution < -0.4 is 20.1 Å². The highest BCUT2D eigenvalue weighted by atomic mass is 16.7. The van der Waals surface area contributed by atoms with Crippen molar-refractivity contribution in [3.05, 3.63) is 34.7 Å². The summed E-state index contributed by atoms with van der Waals surface area (Å²) in [6.45, 7) is 3.60. The number of nitrogens with zero attached hydrogens (tertiary/aromatic N) is 3. The fraction of sp³-hybridized carbons (Fsp3) is 0.526. The van der Waals surface area contributed by atoms with Gasteiger partial charge in [0.2, 0.25) is 18.1 Å². The summed E-state index contributed by atoms with van der Waals surface area (Å²) in [5, 5.41) is 8.84. The molecule has 2 rings (SSSR count). The molecule has 1 aliphatic rings. The van der Waals surface area contributed by atoms with Gasteiger partial charge >= 0.3 is 5.97 Å². The minimum absolute atomic E-state index is 0.172. The molecule has 1 aromatic rings. The Morgan fingerprint density at radius 1 is 1.06 bits per heavy atom. The lowest BCUT2D eigenvalue weighted by molar-refractivity contribution is -0.214. The van der Waals surface area contributed by atoms with Crippen LogP contribution in [0, 0.1) is 0 Å². The molecule has 168 valence electrons. The Kier molecular flexibility index (Phi) is 8.47. The number of benzene rings is 1. The average Bonchev–Trinajstić information content (AvgIpc) is 2.70. The molecular weight excluding hydrogens is 410 g/mol. The third-order valence-corrected chi connectivity index (χ3v) is 4.39. The number of esters is 1. The number of methoxy groups -OCH3 is 1. The van der Waals surface area contributed by atoms with Crippen molar-refractivity contribution in [3.8, 4) is 11.5 Å². The van der Waals surface area contributed by atoms with Gasteiger partial charge in [0.25, 0.3) is 0 Å². The first-order valence-corrected chi connectivity index (χ1v) is 9.43. The van der Waals surface area contributed by atoms with Gasteiger partial charge in [-0.3, -0.25) is 14.4 Å². The lowest BCUT2D eigenvalue weighted by Crippen LogP contribution is -2.70. The predicted octanol–water partition coefficient (Wildman–Crippen LogP) is 1.05. The second-order valence-corrected chi connectivity index (χ2v) is 6.78. The fourth-order valence-corrected chi connectivity index (χ4v) is 3.23. The van der Waals surface area contributed by atoms with Gasteiger partial charge < -0.3 is 29.6 Å². The second kappa shape index (κ2) is 11.0. The molecule has 1 aliphatic heterocycles. The van der Waals surface area contributed by atoms with Gasteiger partial charge in [-0.05, 0) is 29.8 Å². The van der Waals surface area contributed by atoms with E-state index in [-0.39, 0.29) is 6.54 Å². The van der Waals surface area contributed by atoms with Crippen LogP contribution in [0.5, 0.6) is 11.5 Å². The number of rotatable bonds is 8. The van der Waals surface area contributed by atoms with Gasteiger partial charge in [-0.1, -0.05) is 5.11 Å². The van der Waals surface area contributed by atoms with E-state index in [0.29, 0.717) is 11.5 Å². The molecule has 0 aromatic heterocycles. The van der Waals surface area contributed by atoms with Crippen molar-refractivity contribution >= 4 is 17.8 Å². The number of hydrogen-bond acceptors (Lipinski definition) is 8. The molecule has 0 radical (unpaired) electrons. The van der Waals surface area contributed by atoms with Gasteiger partial charge in [-0.15, -0.1) is 0 Å². The van der Waals surface area contributed by atoms with E-state index in [1.54, 1.807) is 24.3 Å². The van der Waals surface area contributed by atoms with E-state index in [4.69, 9.17) is 24.5 Å². The molecule has 2 amide bonds. The van der Waals surface area contributed by atoms with Crippen LogP contribution in [0.3, 0.4) is 0 Å². The Labute approximate surface area is 178 Å². The summed E-state index contributed by atoms with van der Waals surface area (Å²) in [5.41, 5.74) is 8.73. The van der Waals surface area contributed by atoms with Crippen LogP contribution in [0.2, 0.25) is 0 Å². The zero-order valence-electron chi connectivity index (χ0n) is 17.6. The maximum absolute atomic E-state index is 11.9. The number of ether oxygens (including phenoxy) is 4. The molecule has 5 atom stereocenters. The highest BCUT2D eigenvalue weighted by Gasteiger charge is 2.49. The Balaban J connectivity index is 2.43. The van der Waals surface area contributed by atoms with E-state index < -0.39 is 48.4 Å². The number of hydrogen-bond donors (Lipinski definition) is 2. The van der Waals surface area contributed by atoms with E-state index in [1.165, 1.54) is 27.9 Å². The molecule has 12 nitrogen and oxygen atoms in total. The summed E-state index contributed by atoms with van der Waals surface area (Å²) in [6.07, 6.45) is -3.07. The molecule has 12 heteroatoms. The fourth-order valence-electron chi connectivity index (χ4n) is 3.23. The van der Waals surface area contributed by atoms with Crippen molar-refractivity contribution in [1.29, 1.82) is 0 Å². The summed E-state index contributed by atoms with van der Waals surface area (Å²) in [4.78, 5) is 38.2. The first kappa shape index (κ1) is 23.8. The van der Waals surface area contributed by atoms with Gasteiger partial charge in [-0.2, -0.15) is 0 Å². The molecule has 2 N–H and O–H groups in total. The lowest BCUT2D eigenvalue weighted by atomic mass is 9.93. The molecule has 31 heavy (non-hydrogen) atoms. The van der Waals surface area contributed by atoms with Gasteiger partial charge in [0, 0.05) is 25.7 Å². The highest BCUT2D eigenvalue weighted by Crippen LogP contribution is 2.28. The second-order valence-electron chi connectivity index (χ2n) is 6.78. The Morgan fingerprint density at radius 3 is 2.16 bits per heavy atom. The molecule has 1 aromatic carbocycles. The molecule has 1 saturated heterocycles. The van der Waals surface area contributed by atoms with Crippen LogP contribution >= 0.6 is 0 Å². The molecule has 1 heterocycles. The van der Waals surface area contributed by atoms with E-state index in [0.717, 1.165) is 0 Å². The summed E-state index contributed by atoms with van der Waals surface area (Å²) in [6, 6.07) is 4.74. The Hall–Kier alpha value is -3.50. The average molecular weight is 435 g/mol. The Morgan fingerprint density at radius 2 is 1.65 bits per heavy atom. The molecule has 0 saturated carbocycles. The molecule has 2 unspecified atom stereocenters. The first-order valence-electron chi connectivity index (χ1n) is 9.43. The maximum atomic E-state index is 11.9. The zero-order chi connectivity index (χ0) is 23.0. The SMILES string of the molecule is COc1ccc(O[C@@H]2OC(CN=[N+]=[N-])[C@@H](NC(C)=O)C(OC(C)=O)[C@H]2NC(C)=O)cc1. The van der Waals surface area contributed by atoms with Crippen molar-refractivity contribution in [3.63, 3.8) is 0 Å². The maximum Gasteiger partial charge on any atom is 0.303 e. The van der Waals surface area contributed by atoms with Crippen LogP contribution in [0.15, 0.2) is 29.4 Å². The van der Waals surface area contributed by atoms with Gasteiger partial charge in [0.1, 0.15) is 17.5 Å².